The van der Waals surface area contributed by atoms with Gasteiger partial charge in [-0.05, 0) is 40.0 Å². The molecule has 7 nitrogen and oxygen atoms in total. The quantitative estimate of drug-likeness (QED) is 0.905. The molecule has 2 aliphatic heterocycles. The highest BCUT2D eigenvalue weighted by Gasteiger charge is 2.40. The molecule has 2 bridgehead atoms. The number of nitrogens with one attached hydrogen (secondary N) is 1. The maximum Gasteiger partial charge on any atom is 0.254 e. The smallest absolute Gasteiger partial charge is 0.254 e. The second-order valence-electron chi connectivity index (χ2n) is 7.47. The number of aromatic nitrogens is 3. The van der Waals surface area contributed by atoms with Crippen LogP contribution in [0.2, 0.25) is 0 Å². The number of hydrogen-bond acceptors (Lipinski definition) is 5. The average molecular weight is 356 g/mol. The van der Waals surface area contributed by atoms with E-state index in [1.54, 1.807) is 6.92 Å². The molecule has 2 unspecified atom stereocenters. The normalized spacial score (nSPS) is 21.6. The molecule has 7 heteroatoms. The Morgan fingerprint density at radius 1 is 1.23 bits per heavy atom. The molecular formula is C19H24N4O3. The van der Waals surface area contributed by atoms with Gasteiger partial charge in [-0.3, -0.25) is 9.59 Å². The Kier molecular flexibility index (Phi) is 4.17. The lowest BCUT2D eigenvalue weighted by molar-refractivity contribution is -0.133. The van der Waals surface area contributed by atoms with Crippen molar-refractivity contribution in [3.8, 4) is 0 Å². The van der Waals surface area contributed by atoms with Gasteiger partial charge in [0.15, 0.2) is 0 Å². The standard InChI is InChI=1S/C19H24N4O3/c1-10-15(11(2)26-22-10)6-7-18(24)23-13-4-5-14(23)9-17-16(8-13)19(25)21-12(3)20-17/h13-14H,4-9H2,1-3H3,(H,20,21,25). The van der Waals surface area contributed by atoms with Crippen LogP contribution in [0.15, 0.2) is 9.32 Å². The van der Waals surface area contributed by atoms with Crippen LogP contribution in [0.1, 0.15) is 53.4 Å². The highest BCUT2D eigenvalue weighted by atomic mass is 16.5. The SMILES string of the molecule is Cc1nc2c(c(=O)[nH]1)CC1CCC(C2)N1C(=O)CCc1c(C)noc1C. The number of rotatable bonds is 3. The number of aromatic amines is 1. The van der Waals surface area contributed by atoms with Crippen LogP contribution in [0.3, 0.4) is 0 Å². The Morgan fingerprint density at radius 2 is 1.96 bits per heavy atom. The molecule has 26 heavy (non-hydrogen) atoms. The molecule has 2 aliphatic rings. The van der Waals surface area contributed by atoms with Crippen molar-refractivity contribution in [2.75, 3.05) is 0 Å². The van der Waals surface area contributed by atoms with E-state index in [2.05, 4.69) is 15.1 Å². The van der Waals surface area contributed by atoms with E-state index in [9.17, 15) is 9.59 Å². The monoisotopic (exact) mass is 356 g/mol. The van der Waals surface area contributed by atoms with Crippen LogP contribution in [0.4, 0.5) is 0 Å². The van der Waals surface area contributed by atoms with Gasteiger partial charge in [-0.25, -0.2) is 4.98 Å². The predicted octanol–water partition coefficient (Wildman–Crippen LogP) is 1.77. The molecule has 0 saturated carbocycles. The van der Waals surface area contributed by atoms with E-state index < -0.39 is 0 Å². The number of H-pyrrole nitrogens is 1. The zero-order valence-electron chi connectivity index (χ0n) is 15.5. The van der Waals surface area contributed by atoms with Gasteiger partial charge in [0.05, 0.1) is 11.4 Å². The van der Waals surface area contributed by atoms with Crippen LogP contribution in [-0.2, 0) is 24.1 Å². The molecule has 2 aromatic heterocycles. The minimum Gasteiger partial charge on any atom is -0.361 e. The van der Waals surface area contributed by atoms with Crippen molar-refractivity contribution in [3.63, 3.8) is 0 Å². The minimum atomic E-state index is -0.0526. The van der Waals surface area contributed by atoms with Gasteiger partial charge in [-0.15, -0.1) is 0 Å². The first-order chi connectivity index (χ1) is 12.4. The predicted molar refractivity (Wildman–Crippen MR) is 95.0 cm³/mol. The summed E-state index contributed by atoms with van der Waals surface area (Å²) in [7, 11) is 0. The van der Waals surface area contributed by atoms with Crippen LogP contribution >= 0.6 is 0 Å². The fourth-order valence-electron chi connectivity index (χ4n) is 4.50. The number of carbonyl (C=O) groups excluding carboxylic acids is 1. The zero-order chi connectivity index (χ0) is 18.4. The van der Waals surface area contributed by atoms with Crippen LogP contribution in [-0.4, -0.2) is 38.0 Å². The Bertz CT molecular complexity index is 894. The lowest BCUT2D eigenvalue weighted by Gasteiger charge is -2.28. The molecule has 1 fully saturated rings. The van der Waals surface area contributed by atoms with Crippen molar-refractivity contribution in [1.82, 2.24) is 20.0 Å². The van der Waals surface area contributed by atoms with E-state index in [4.69, 9.17) is 4.52 Å². The Balaban J connectivity index is 1.54. The van der Waals surface area contributed by atoms with Gasteiger partial charge in [0, 0.05) is 42.5 Å². The van der Waals surface area contributed by atoms with Crippen molar-refractivity contribution in [2.24, 2.45) is 0 Å². The van der Waals surface area contributed by atoms with Crippen LogP contribution < -0.4 is 5.56 Å². The number of fused-ring (bicyclic) bond motifs is 3. The van der Waals surface area contributed by atoms with Gasteiger partial charge < -0.3 is 14.4 Å². The highest BCUT2D eigenvalue weighted by molar-refractivity contribution is 5.78. The largest absolute Gasteiger partial charge is 0.361 e. The van der Waals surface area contributed by atoms with Crippen LogP contribution in [0.25, 0.3) is 0 Å². The molecule has 0 aromatic carbocycles. The lowest BCUT2D eigenvalue weighted by Crippen LogP contribution is -2.42. The summed E-state index contributed by atoms with van der Waals surface area (Å²) >= 11 is 0. The molecule has 4 heterocycles. The molecule has 138 valence electrons. The molecule has 0 radical (unpaired) electrons. The average Bonchev–Trinajstić information content (AvgIpc) is 3.05. The molecule has 2 atom stereocenters. The number of carbonyl (C=O) groups is 1. The Hall–Kier alpha value is -2.44. The van der Waals surface area contributed by atoms with Crippen molar-refractivity contribution in [3.05, 3.63) is 44.5 Å². The zero-order valence-corrected chi connectivity index (χ0v) is 15.5. The minimum absolute atomic E-state index is 0.0526. The third-order valence-corrected chi connectivity index (χ3v) is 5.77. The van der Waals surface area contributed by atoms with E-state index >= 15 is 0 Å². The maximum atomic E-state index is 13.0. The van der Waals surface area contributed by atoms with E-state index in [1.165, 1.54) is 0 Å². The fourth-order valence-corrected chi connectivity index (χ4v) is 4.50. The van der Waals surface area contributed by atoms with Crippen molar-refractivity contribution in [2.45, 2.75) is 71.4 Å². The van der Waals surface area contributed by atoms with Gasteiger partial charge in [-0.2, -0.15) is 0 Å². The number of hydrogen-bond donors (Lipinski definition) is 1. The van der Waals surface area contributed by atoms with E-state index in [0.29, 0.717) is 31.5 Å². The second-order valence-corrected chi connectivity index (χ2v) is 7.47. The topological polar surface area (TPSA) is 92.1 Å². The molecule has 2 aromatic rings. The summed E-state index contributed by atoms with van der Waals surface area (Å²) in [5.74, 6) is 1.58. The number of amides is 1. The second kappa shape index (κ2) is 6.37. The van der Waals surface area contributed by atoms with Crippen molar-refractivity contribution in [1.29, 1.82) is 0 Å². The highest BCUT2D eigenvalue weighted by Crippen LogP contribution is 2.33. The van der Waals surface area contributed by atoms with E-state index in [1.807, 2.05) is 18.7 Å². The first kappa shape index (κ1) is 17.0. The summed E-state index contributed by atoms with van der Waals surface area (Å²) in [6.07, 6.45) is 4.29. The van der Waals surface area contributed by atoms with Crippen LogP contribution in [0.5, 0.6) is 0 Å². The van der Waals surface area contributed by atoms with Gasteiger partial charge in [0.1, 0.15) is 11.6 Å². The van der Waals surface area contributed by atoms with Gasteiger partial charge in [0.25, 0.3) is 5.56 Å². The molecule has 4 rings (SSSR count). The third kappa shape index (κ3) is 2.85. The summed E-state index contributed by atoms with van der Waals surface area (Å²) in [6, 6.07) is 0.246. The Labute approximate surface area is 151 Å². The molecular weight excluding hydrogens is 332 g/mol. The molecule has 1 amide bonds. The van der Waals surface area contributed by atoms with Gasteiger partial charge in [-0.1, -0.05) is 5.16 Å². The summed E-state index contributed by atoms with van der Waals surface area (Å²) in [4.78, 5) is 34.7. The fraction of sp³-hybridized carbons (Fsp3) is 0.579. The molecule has 0 spiro atoms. The lowest BCUT2D eigenvalue weighted by atomic mass is 9.98. The third-order valence-electron chi connectivity index (χ3n) is 5.77. The van der Waals surface area contributed by atoms with Crippen molar-refractivity contribution < 1.29 is 9.32 Å². The van der Waals surface area contributed by atoms with Crippen molar-refractivity contribution >= 4 is 5.91 Å². The molecule has 0 aliphatic carbocycles. The Morgan fingerprint density at radius 3 is 2.65 bits per heavy atom. The molecule has 1 N–H and O–H groups in total. The maximum absolute atomic E-state index is 13.0. The first-order valence-electron chi connectivity index (χ1n) is 9.25. The summed E-state index contributed by atoms with van der Waals surface area (Å²) < 4.78 is 5.19. The van der Waals surface area contributed by atoms with Gasteiger partial charge in [0.2, 0.25) is 5.91 Å². The van der Waals surface area contributed by atoms with Crippen LogP contribution in [0, 0.1) is 20.8 Å². The van der Waals surface area contributed by atoms with E-state index in [-0.39, 0.29) is 23.6 Å². The summed E-state index contributed by atoms with van der Waals surface area (Å²) in [6.45, 7) is 5.59. The molecule has 1 saturated heterocycles. The van der Waals surface area contributed by atoms with Gasteiger partial charge >= 0.3 is 0 Å². The summed E-state index contributed by atoms with van der Waals surface area (Å²) in [5, 5.41) is 3.96. The summed E-state index contributed by atoms with van der Waals surface area (Å²) in [5.41, 5.74) is 3.45. The number of aryl methyl sites for hydroxylation is 3. The van der Waals surface area contributed by atoms with E-state index in [0.717, 1.165) is 41.1 Å². The number of nitrogens with zero attached hydrogens (tertiary/aromatic N) is 3. The first-order valence-corrected chi connectivity index (χ1v) is 9.25.